The van der Waals surface area contributed by atoms with Gasteiger partial charge in [-0.05, 0) is 49.8 Å². The highest BCUT2D eigenvalue weighted by atomic mass is 32.2. The minimum atomic E-state index is -3.68. The molecule has 196 valence electrons. The normalized spacial score (nSPS) is 23.8. The van der Waals surface area contributed by atoms with Crippen LogP contribution >= 0.6 is 0 Å². The van der Waals surface area contributed by atoms with Gasteiger partial charge in [-0.3, -0.25) is 4.79 Å². The van der Waals surface area contributed by atoms with E-state index in [1.165, 1.54) is 10.4 Å². The predicted octanol–water partition coefficient (Wildman–Crippen LogP) is 3.69. The molecule has 0 radical (unpaired) electrons. The zero-order chi connectivity index (χ0) is 25.8. The van der Waals surface area contributed by atoms with Crippen LogP contribution in [0.4, 0.5) is 4.39 Å². The molecule has 2 aliphatic rings. The summed E-state index contributed by atoms with van der Waals surface area (Å²) in [6, 6.07) is 13.7. The molecule has 0 saturated carbocycles. The van der Waals surface area contributed by atoms with Gasteiger partial charge < -0.3 is 14.8 Å². The lowest BCUT2D eigenvalue weighted by Crippen LogP contribution is -2.48. The van der Waals surface area contributed by atoms with Crippen molar-refractivity contribution in [3.63, 3.8) is 0 Å². The molecule has 0 spiro atoms. The molecule has 0 aliphatic carbocycles. The number of nitrogens with zero attached hydrogens (tertiary/aromatic N) is 1. The summed E-state index contributed by atoms with van der Waals surface area (Å²) in [5.74, 6) is -0.680. The molecule has 7 nitrogen and oxygen atoms in total. The summed E-state index contributed by atoms with van der Waals surface area (Å²) in [5.41, 5.74) is 0.739. The third kappa shape index (κ3) is 5.34. The highest BCUT2D eigenvalue weighted by Gasteiger charge is 2.43. The van der Waals surface area contributed by atoms with Crippen LogP contribution in [0.1, 0.15) is 54.5 Å². The number of hydrogen-bond acceptors (Lipinski definition) is 5. The molecule has 2 aromatic rings. The van der Waals surface area contributed by atoms with Crippen molar-refractivity contribution in [3.05, 3.63) is 71.0 Å². The first-order chi connectivity index (χ1) is 17.3. The predicted molar refractivity (Wildman–Crippen MR) is 135 cm³/mol. The number of halogens is 1. The molecule has 2 atom stereocenters. The fourth-order valence-electron chi connectivity index (χ4n) is 5.30. The Morgan fingerprint density at radius 3 is 2.56 bits per heavy atom. The van der Waals surface area contributed by atoms with E-state index in [0.29, 0.717) is 63.2 Å². The van der Waals surface area contributed by atoms with Crippen LogP contribution in [-0.2, 0) is 36.3 Å². The summed E-state index contributed by atoms with van der Waals surface area (Å²) >= 11 is 0. The van der Waals surface area contributed by atoms with E-state index in [0.717, 1.165) is 5.56 Å². The van der Waals surface area contributed by atoms with Gasteiger partial charge in [-0.2, -0.15) is 4.31 Å². The molecule has 2 aromatic carbocycles. The minimum Gasteiger partial charge on any atom is -0.383 e. The molecule has 0 bridgehead atoms. The van der Waals surface area contributed by atoms with Gasteiger partial charge in [-0.15, -0.1) is 0 Å². The van der Waals surface area contributed by atoms with Crippen molar-refractivity contribution < 1.29 is 27.1 Å². The third-order valence-corrected chi connectivity index (χ3v) is 9.87. The van der Waals surface area contributed by atoms with E-state index in [9.17, 15) is 13.2 Å². The first kappa shape index (κ1) is 26.7. The molecule has 2 unspecified atom stereocenters. The number of carbonyl (C=O) groups is 1. The second-order valence-electron chi connectivity index (χ2n) is 9.67. The molecule has 2 heterocycles. The molecule has 2 aliphatic heterocycles. The van der Waals surface area contributed by atoms with E-state index in [4.69, 9.17) is 9.47 Å². The Bertz CT molecular complexity index is 1150. The summed E-state index contributed by atoms with van der Waals surface area (Å²) in [5, 5.41) is 2.26. The molecule has 9 heteroatoms. The number of ether oxygens (including phenoxy) is 2. The van der Waals surface area contributed by atoms with Crippen molar-refractivity contribution in [2.24, 2.45) is 0 Å². The number of methoxy groups -OCH3 is 1. The molecule has 2 saturated heterocycles. The first-order valence-corrected chi connectivity index (χ1v) is 14.0. The van der Waals surface area contributed by atoms with Gasteiger partial charge in [0, 0.05) is 45.0 Å². The lowest BCUT2D eigenvalue weighted by Gasteiger charge is -2.38. The number of carbonyl (C=O) groups excluding carboxylic acids is 1. The summed E-state index contributed by atoms with van der Waals surface area (Å²) in [7, 11) is -2.11. The van der Waals surface area contributed by atoms with Crippen LogP contribution in [0.5, 0.6) is 0 Å². The maximum Gasteiger partial charge on any atom is 0.230 e. The number of sulfonamides is 1. The summed E-state index contributed by atoms with van der Waals surface area (Å²) in [4.78, 5) is 13.2. The van der Waals surface area contributed by atoms with Crippen molar-refractivity contribution in [3.8, 4) is 0 Å². The maximum absolute atomic E-state index is 15.5. The van der Waals surface area contributed by atoms with Gasteiger partial charge in [0.25, 0.3) is 0 Å². The van der Waals surface area contributed by atoms with E-state index >= 15 is 4.39 Å². The van der Waals surface area contributed by atoms with Crippen LogP contribution in [0.3, 0.4) is 0 Å². The Morgan fingerprint density at radius 2 is 1.89 bits per heavy atom. The molecule has 2 fully saturated rings. The number of nitrogens with one attached hydrogen (secondary N) is 1. The van der Waals surface area contributed by atoms with Crippen LogP contribution in [-0.4, -0.2) is 58.1 Å². The summed E-state index contributed by atoms with van der Waals surface area (Å²) in [6.45, 7) is 3.39. The Hall–Kier alpha value is -2.33. The molecular formula is C27H35FN2O5S. The zero-order valence-electron chi connectivity index (χ0n) is 20.9. The lowest BCUT2D eigenvalue weighted by molar-refractivity contribution is -0.130. The molecule has 1 N–H and O–H groups in total. The van der Waals surface area contributed by atoms with Crippen molar-refractivity contribution in [1.82, 2.24) is 9.62 Å². The van der Waals surface area contributed by atoms with Crippen molar-refractivity contribution in [2.75, 3.05) is 33.5 Å². The van der Waals surface area contributed by atoms with Gasteiger partial charge in [-0.1, -0.05) is 42.5 Å². The quantitative estimate of drug-likeness (QED) is 0.539. The summed E-state index contributed by atoms with van der Waals surface area (Å²) in [6.07, 6.45) is 2.12. The Kier molecular flexibility index (Phi) is 8.44. The molecule has 36 heavy (non-hydrogen) atoms. The number of rotatable bonds is 8. The number of amides is 1. The third-order valence-electron chi connectivity index (χ3n) is 7.50. The maximum atomic E-state index is 15.5. The van der Waals surface area contributed by atoms with Crippen LogP contribution in [0.25, 0.3) is 0 Å². The monoisotopic (exact) mass is 518 g/mol. The Labute approximate surface area is 213 Å². The fourth-order valence-corrected chi connectivity index (χ4v) is 7.48. The van der Waals surface area contributed by atoms with Gasteiger partial charge in [0.05, 0.1) is 12.0 Å². The highest BCUT2D eigenvalue weighted by Crippen LogP contribution is 2.39. The van der Waals surface area contributed by atoms with Crippen molar-refractivity contribution in [2.45, 2.75) is 55.9 Å². The molecular weight excluding hydrogens is 483 g/mol. The summed E-state index contributed by atoms with van der Waals surface area (Å²) < 4.78 is 54.5. The SMILES string of the molecule is COCCNC(=O)C1(c2ccc(CN3C(C)CCC(c4ccccc4)S3(=O)=O)c(F)c2)CCOCC1. The van der Waals surface area contributed by atoms with E-state index in [1.54, 1.807) is 19.2 Å². The Balaban J connectivity index is 1.59. The first-order valence-electron chi connectivity index (χ1n) is 12.5. The lowest BCUT2D eigenvalue weighted by atomic mass is 9.73. The van der Waals surface area contributed by atoms with Crippen LogP contribution in [0, 0.1) is 5.82 Å². The topological polar surface area (TPSA) is 84.9 Å². The standard InChI is InChI=1S/C27H35FN2O5S/c1-20-8-11-25(21-6-4-3-5-7-21)36(32,33)30(20)19-22-9-10-23(18-24(22)28)27(12-15-35-16-13-27)26(31)29-14-17-34-2/h3-7,9-10,18,20,25H,8,11-17,19H2,1-2H3,(H,29,31). The smallest absolute Gasteiger partial charge is 0.230 e. The van der Waals surface area contributed by atoms with Crippen LogP contribution < -0.4 is 5.32 Å². The highest BCUT2D eigenvalue weighted by molar-refractivity contribution is 7.89. The second kappa shape index (κ2) is 11.4. The van der Waals surface area contributed by atoms with E-state index in [-0.39, 0.29) is 18.5 Å². The minimum absolute atomic E-state index is 0.0465. The van der Waals surface area contributed by atoms with E-state index < -0.39 is 26.5 Å². The van der Waals surface area contributed by atoms with E-state index in [1.807, 2.05) is 37.3 Å². The van der Waals surface area contributed by atoms with Gasteiger partial charge in [-0.25, -0.2) is 12.8 Å². The average Bonchev–Trinajstić information content (AvgIpc) is 2.88. The fraction of sp³-hybridized carbons (Fsp3) is 0.519. The van der Waals surface area contributed by atoms with Gasteiger partial charge in [0.2, 0.25) is 15.9 Å². The van der Waals surface area contributed by atoms with E-state index in [2.05, 4.69) is 5.32 Å². The van der Waals surface area contributed by atoms with Crippen LogP contribution in [0.2, 0.25) is 0 Å². The number of benzene rings is 2. The number of hydrogen-bond donors (Lipinski definition) is 1. The van der Waals surface area contributed by atoms with Gasteiger partial charge in [0.15, 0.2) is 0 Å². The molecule has 4 rings (SSSR count). The van der Waals surface area contributed by atoms with Crippen molar-refractivity contribution >= 4 is 15.9 Å². The largest absolute Gasteiger partial charge is 0.383 e. The zero-order valence-corrected chi connectivity index (χ0v) is 21.7. The molecule has 1 amide bonds. The van der Waals surface area contributed by atoms with Crippen molar-refractivity contribution in [1.29, 1.82) is 0 Å². The molecule has 0 aromatic heterocycles. The van der Waals surface area contributed by atoms with Gasteiger partial charge in [0.1, 0.15) is 11.1 Å². The van der Waals surface area contributed by atoms with Crippen LogP contribution in [0.15, 0.2) is 48.5 Å². The van der Waals surface area contributed by atoms with Gasteiger partial charge >= 0.3 is 0 Å². The Morgan fingerprint density at radius 1 is 1.17 bits per heavy atom. The second-order valence-corrected chi connectivity index (χ2v) is 11.7. The average molecular weight is 519 g/mol.